The normalized spacial score (nSPS) is 18.8. The smallest absolute Gasteiger partial charge is 0.289 e. The minimum atomic E-state index is -0.855. The van der Waals surface area contributed by atoms with E-state index in [9.17, 15) is 19.2 Å². The zero-order valence-corrected chi connectivity index (χ0v) is 19.9. The van der Waals surface area contributed by atoms with Gasteiger partial charge >= 0.3 is 0 Å². The number of carbonyl (C=O) groups is 4. The number of para-hydroxylation sites is 1. The van der Waals surface area contributed by atoms with E-state index in [-0.39, 0.29) is 36.6 Å². The Balaban J connectivity index is 1.32. The highest BCUT2D eigenvalue weighted by Gasteiger charge is 2.36. The Bertz CT molecular complexity index is 1060. The second kappa shape index (κ2) is 11.2. The topological polar surface area (TPSA) is 115 Å². The lowest BCUT2D eigenvalue weighted by molar-refractivity contribution is -0.145. The molecule has 1 aromatic heterocycles. The number of rotatable bonds is 7. The van der Waals surface area contributed by atoms with E-state index in [1.165, 1.54) is 11.2 Å². The summed E-state index contributed by atoms with van der Waals surface area (Å²) in [6.45, 7) is 4.89. The van der Waals surface area contributed by atoms with Gasteiger partial charge in [-0.3, -0.25) is 24.1 Å². The van der Waals surface area contributed by atoms with E-state index in [2.05, 4.69) is 10.6 Å². The number of hydrogen-bond donors (Lipinski definition) is 2. The van der Waals surface area contributed by atoms with Crippen molar-refractivity contribution in [3.05, 3.63) is 54.0 Å². The average molecular weight is 482 g/mol. The van der Waals surface area contributed by atoms with Crippen molar-refractivity contribution in [2.45, 2.75) is 25.8 Å². The third kappa shape index (κ3) is 5.89. The molecule has 10 nitrogen and oxygen atoms in total. The molecule has 2 N–H and O–H groups in total. The summed E-state index contributed by atoms with van der Waals surface area (Å²) in [7, 11) is 0. The van der Waals surface area contributed by atoms with Crippen molar-refractivity contribution in [3.63, 3.8) is 0 Å². The minimum Gasteiger partial charge on any atom is -0.459 e. The van der Waals surface area contributed by atoms with Gasteiger partial charge in [0.1, 0.15) is 6.04 Å². The maximum absolute atomic E-state index is 13.1. The summed E-state index contributed by atoms with van der Waals surface area (Å²) in [5.41, 5.74) is 1.72. The highest BCUT2D eigenvalue weighted by atomic mass is 16.3. The molecule has 10 heteroatoms. The molecule has 0 aliphatic carbocycles. The van der Waals surface area contributed by atoms with Gasteiger partial charge in [0.15, 0.2) is 5.76 Å². The summed E-state index contributed by atoms with van der Waals surface area (Å²) in [6, 6.07) is 9.99. The van der Waals surface area contributed by atoms with E-state index in [1.807, 2.05) is 36.1 Å². The summed E-state index contributed by atoms with van der Waals surface area (Å²) in [5.74, 6) is -0.688. The second-order valence-electron chi connectivity index (χ2n) is 8.70. The van der Waals surface area contributed by atoms with Crippen LogP contribution in [0.4, 0.5) is 5.69 Å². The molecule has 186 valence electrons. The van der Waals surface area contributed by atoms with Crippen molar-refractivity contribution >= 4 is 29.3 Å². The SMILES string of the molecule is CCc1ccccc1NC(=O)CC1C(=O)NCCN1C(=O)CN1CCN(C(=O)c2ccco2)CC1. The van der Waals surface area contributed by atoms with Crippen LogP contribution in [0.25, 0.3) is 0 Å². The van der Waals surface area contributed by atoms with Crippen molar-refractivity contribution in [1.29, 1.82) is 0 Å². The second-order valence-corrected chi connectivity index (χ2v) is 8.70. The van der Waals surface area contributed by atoms with Crippen LogP contribution in [0.2, 0.25) is 0 Å². The van der Waals surface area contributed by atoms with Gasteiger partial charge in [-0.05, 0) is 30.2 Å². The number of amides is 4. The molecule has 0 spiro atoms. The Kier molecular flexibility index (Phi) is 7.81. The van der Waals surface area contributed by atoms with Crippen LogP contribution >= 0.6 is 0 Å². The number of hydrogen-bond acceptors (Lipinski definition) is 6. The fraction of sp³-hybridized carbons (Fsp3) is 0.440. The number of nitrogens with zero attached hydrogens (tertiary/aromatic N) is 3. The summed E-state index contributed by atoms with van der Waals surface area (Å²) in [5, 5.41) is 5.65. The van der Waals surface area contributed by atoms with Gasteiger partial charge in [-0.25, -0.2) is 0 Å². The van der Waals surface area contributed by atoms with Crippen LogP contribution < -0.4 is 10.6 Å². The van der Waals surface area contributed by atoms with Crippen molar-refractivity contribution in [2.24, 2.45) is 0 Å². The molecule has 1 aromatic carbocycles. The number of nitrogens with one attached hydrogen (secondary N) is 2. The van der Waals surface area contributed by atoms with Crippen LogP contribution in [0.3, 0.4) is 0 Å². The molecule has 1 atom stereocenters. The van der Waals surface area contributed by atoms with E-state index in [0.29, 0.717) is 45.0 Å². The number of carbonyl (C=O) groups excluding carboxylic acids is 4. The van der Waals surface area contributed by atoms with E-state index in [1.54, 1.807) is 17.0 Å². The first-order valence-electron chi connectivity index (χ1n) is 12.0. The first-order chi connectivity index (χ1) is 17.0. The van der Waals surface area contributed by atoms with Gasteiger partial charge in [-0.1, -0.05) is 25.1 Å². The molecule has 3 heterocycles. The molecular weight excluding hydrogens is 450 g/mol. The molecule has 35 heavy (non-hydrogen) atoms. The van der Waals surface area contributed by atoms with Gasteiger partial charge in [0, 0.05) is 45.0 Å². The van der Waals surface area contributed by atoms with Crippen molar-refractivity contribution in [1.82, 2.24) is 20.0 Å². The van der Waals surface area contributed by atoms with Gasteiger partial charge in [0.05, 0.1) is 19.2 Å². The number of piperazine rings is 2. The van der Waals surface area contributed by atoms with Crippen molar-refractivity contribution in [3.8, 4) is 0 Å². The average Bonchev–Trinajstić information content (AvgIpc) is 3.41. The monoisotopic (exact) mass is 481 g/mol. The van der Waals surface area contributed by atoms with Crippen molar-refractivity contribution in [2.75, 3.05) is 51.1 Å². The lowest BCUT2D eigenvalue weighted by Crippen LogP contribution is -2.60. The molecule has 4 amide bonds. The molecule has 1 unspecified atom stereocenters. The van der Waals surface area contributed by atoms with E-state index >= 15 is 0 Å². The Morgan fingerprint density at radius 1 is 1.06 bits per heavy atom. The third-order valence-electron chi connectivity index (χ3n) is 6.45. The lowest BCUT2D eigenvalue weighted by atomic mass is 10.1. The molecule has 2 saturated heterocycles. The van der Waals surface area contributed by atoms with Crippen LogP contribution in [0.15, 0.2) is 47.1 Å². The quantitative estimate of drug-likeness (QED) is 0.609. The van der Waals surface area contributed by atoms with Crippen LogP contribution in [-0.2, 0) is 20.8 Å². The molecule has 2 fully saturated rings. The highest BCUT2D eigenvalue weighted by Crippen LogP contribution is 2.18. The standard InChI is InChI=1S/C25H31N5O5/c1-2-18-6-3-4-7-19(18)27-22(31)16-20-24(33)26-9-10-30(20)23(32)17-28-11-13-29(14-12-28)25(34)21-8-5-15-35-21/h3-8,15,20H,2,9-14,16-17H2,1H3,(H,26,33)(H,27,31). The maximum Gasteiger partial charge on any atom is 0.289 e. The van der Waals surface area contributed by atoms with Crippen LogP contribution in [0.5, 0.6) is 0 Å². The van der Waals surface area contributed by atoms with Gasteiger partial charge in [-0.15, -0.1) is 0 Å². The lowest BCUT2D eigenvalue weighted by Gasteiger charge is -2.38. The molecule has 2 aromatic rings. The van der Waals surface area contributed by atoms with Gasteiger partial charge in [-0.2, -0.15) is 0 Å². The molecule has 0 radical (unpaired) electrons. The van der Waals surface area contributed by atoms with Gasteiger partial charge < -0.3 is 24.9 Å². The number of furan rings is 1. The summed E-state index contributed by atoms with van der Waals surface area (Å²) in [6.07, 6.45) is 2.13. The van der Waals surface area contributed by atoms with E-state index in [0.717, 1.165) is 17.7 Å². The maximum atomic E-state index is 13.1. The molecule has 0 bridgehead atoms. The highest BCUT2D eigenvalue weighted by molar-refractivity contribution is 5.98. The zero-order valence-electron chi connectivity index (χ0n) is 19.9. The van der Waals surface area contributed by atoms with E-state index in [4.69, 9.17) is 4.42 Å². The summed E-state index contributed by atoms with van der Waals surface area (Å²) < 4.78 is 5.19. The zero-order chi connectivity index (χ0) is 24.8. The molecule has 2 aliphatic rings. The number of benzene rings is 1. The summed E-state index contributed by atoms with van der Waals surface area (Å²) >= 11 is 0. The minimum absolute atomic E-state index is 0.110. The fourth-order valence-corrected chi connectivity index (χ4v) is 4.49. The Labute approximate surface area is 204 Å². The Morgan fingerprint density at radius 2 is 1.83 bits per heavy atom. The van der Waals surface area contributed by atoms with Crippen LogP contribution in [0, 0.1) is 0 Å². The number of aryl methyl sites for hydroxylation is 1. The van der Waals surface area contributed by atoms with Gasteiger partial charge in [0.25, 0.3) is 5.91 Å². The van der Waals surface area contributed by atoms with E-state index < -0.39 is 6.04 Å². The van der Waals surface area contributed by atoms with Crippen LogP contribution in [-0.4, -0.2) is 90.2 Å². The first kappa shape index (κ1) is 24.5. The summed E-state index contributed by atoms with van der Waals surface area (Å²) in [4.78, 5) is 56.1. The first-order valence-corrected chi connectivity index (χ1v) is 12.0. The fourth-order valence-electron chi connectivity index (χ4n) is 4.49. The predicted octanol–water partition coefficient (Wildman–Crippen LogP) is 0.956. The van der Waals surface area contributed by atoms with Crippen LogP contribution in [0.1, 0.15) is 29.5 Å². The largest absolute Gasteiger partial charge is 0.459 e. The molecular formula is C25H31N5O5. The van der Waals surface area contributed by atoms with Gasteiger partial charge in [0.2, 0.25) is 17.7 Å². The third-order valence-corrected chi connectivity index (χ3v) is 6.45. The van der Waals surface area contributed by atoms with Crippen molar-refractivity contribution < 1.29 is 23.6 Å². The Morgan fingerprint density at radius 3 is 2.54 bits per heavy atom. The molecule has 4 rings (SSSR count). The molecule has 0 saturated carbocycles. The number of anilines is 1. The molecule has 2 aliphatic heterocycles. The Hall–Kier alpha value is -3.66. The predicted molar refractivity (Wildman–Crippen MR) is 129 cm³/mol.